The topological polar surface area (TPSA) is 200 Å². The lowest BCUT2D eigenvalue weighted by atomic mass is 10.1. The SMILES string of the molecule is CCCCN(CCCC)C(=O)C(C)(C)Oc1ccc(-c2nc(-c3ccc(OC(C)(C)C(=O)OCC)cc3O)nc(-c3ccc(OC(C)(C)C(=O)OCC)cc3O)n2)c(O)c1. The number of carbonyl (C=O) groups is 3. The number of ether oxygens (including phenoxy) is 5. The number of rotatable bonds is 20. The third-order valence-corrected chi connectivity index (χ3v) is 9.28. The Hall–Kier alpha value is -6.12. The largest absolute Gasteiger partial charge is 0.507 e. The van der Waals surface area contributed by atoms with Crippen LogP contribution in [0.15, 0.2) is 54.6 Å². The second-order valence-corrected chi connectivity index (χ2v) is 15.6. The fourth-order valence-electron chi connectivity index (χ4n) is 6.04. The third kappa shape index (κ3) is 11.5. The predicted molar refractivity (Wildman–Crippen MR) is 225 cm³/mol. The van der Waals surface area contributed by atoms with E-state index in [0.29, 0.717) is 13.1 Å². The van der Waals surface area contributed by atoms with Crippen molar-refractivity contribution in [1.82, 2.24) is 19.9 Å². The van der Waals surface area contributed by atoms with Gasteiger partial charge in [-0.05, 0) is 105 Å². The minimum Gasteiger partial charge on any atom is -0.507 e. The van der Waals surface area contributed by atoms with E-state index in [4.69, 9.17) is 23.7 Å². The van der Waals surface area contributed by atoms with Crippen LogP contribution < -0.4 is 14.2 Å². The van der Waals surface area contributed by atoms with Gasteiger partial charge in [-0.1, -0.05) is 26.7 Å². The highest BCUT2D eigenvalue weighted by atomic mass is 16.6. The molecule has 0 spiro atoms. The van der Waals surface area contributed by atoms with Gasteiger partial charge < -0.3 is 43.9 Å². The number of hydrogen-bond acceptors (Lipinski definition) is 14. The molecule has 4 aromatic rings. The van der Waals surface area contributed by atoms with E-state index < -0.39 is 28.7 Å². The molecule has 324 valence electrons. The number of aromatic hydroxyl groups is 3. The van der Waals surface area contributed by atoms with Gasteiger partial charge in [-0.3, -0.25) is 4.79 Å². The van der Waals surface area contributed by atoms with Crippen LogP contribution in [0, 0.1) is 0 Å². The molecule has 3 aromatic carbocycles. The number of carbonyl (C=O) groups excluding carboxylic acids is 3. The Balaban J connectivity index is 1.78. The molecule has 1 aromatic heterocycles. The predicted octanol–water partition coefficient (Wildman–Crippen LogP) is 8.02. The monoisotopic (exact) mass is 830 g/mol. The van der Waals surface area contributed by atoms with Crippen LogP contribution in [-0.4, -0.2) is 96.1 Å². The average molecular weight is 831 g/mol. The summed E-state index contributed by atoms with van der Waals surface area (Å²) in [6.45, 7) is 18.6. The van der Waals surface area contributed by atoms with E-state index in [9.17, 15) is 29.7 Å². The second-order valence-electron chi connectivity index (χ2n) is 15.6. The van der Waals surface area contributed by atoms with Crippen LogP contribution in [0.25, 0.3) is 34.2 Å². The lowest BCUT2D eigenvalue weighted by Gasteiger charge is -2.32. The summed E-state index contributed by atoms with van der Waals surface area (Å²) in [7, 11) is 0. The summed E-state index contributed by atoms with van der Waals surface area (Å²) in [5.41, 5.74) is -3.57. The zero-order valence-corrected chi connectivity index (χ0v) is 36.2. The molecule has 0 aliphatic rings. The van der Waals surface area contributed by atoms with Gasteiger partial charge in [0.2, 0.25) is 0 Å². The number of esters is 2. The van der Waals surface area contributed by atoms with Crippen molar-refractivity contribution in [2.75, 3.05) is 26.3 Å². The van der Waals surface area contributed by atoms with Gasteiger partial charge in [0.05, 0.1) is 29.9 Å². The van der Waals surface area contributed by atoms with E-state index in [2.05, 4.69) is 28.8 Å². The molecule has 0 radical (unpaired) electrons. The highest BCUT2D eigenvalue weighted by molar-refractivity contribution is 5.85. The van der Waals surface area contributed by atoms with Crippen molar-refractivity contribution in [1.29, 1.82) is 0 Å². The molecule has 0 atom stereocenters. The van der Waals surface area contributed by atoms with E-state index in [-0.39, 0.29) is 87.8 Å². The molecule has 0 fully saturated rings. The summed E-state index contributed by atoms with van der Waals surface area (Å²) >= 11 is 0. The molecule has 15 heteroatoms. The number of phenols is 3. The normalized spacial score (nSPS) is 11.8. The van der Waals surface area contributed by atoms with E-state index in [1.54, 1.807) is 61.5 Å². The maximum atomic E-state index is 13.7. The van der Waals surface area contributed by atoms with Gasteiger partial charge >= 0.3 is 11.9 Å². The molecule has 0 aliphatic heterocycles. The first-order chi connectivity index (χ1) is 28.3. The molecule has 0 bridgehead atoms. The van der Waals surface area contributed by atoms with Crippen molar-refractivity contribution in [2.45, 2.75) is 112 Å². The number of amides is 1. The quantitative estimate of drug-likeness (QED) is 0.0723. The smallest absolute Gasteiger partial charge is 0.349 e. The van der Waals surface area contributed by atoms with E-state index in [0.717, 1.165) is 25.7 Å². The van der Waals surface area contributed by atoms with Crippen LogP contribution >= 0.6 is 0 Å². The van der Waals surface area contributed by atoms with Crippen LogP contribution in [0.2, 0.25) is 0 Å². The summed E-state index contributed by atoms with van der Waals surface area (Å²) < 4.78 is 28.1. The van der Waals surface area contributed by atoms with Gasteiger partial charge in [0.25, 0.3) is 5.91 Å². The Morgan fingerprint density at radius 3 is 1.13 bits per heavy atom. The molecule has 0 aliphatic carbocycles. The first-order valence-electron chi connectivity index (χ1n) is 20.2. The molecule has 1 heterocycles. The zero-order valence-electron chi connectivity index (χ0n) is 36.2. The minimum absolute atomic E-state index is 0.0361. The van der Waals surface area contributed by atoms with Crippen molar-refractivity contribution in [3.63, 3.8) is 0 Å². The van der Waals surface area contributed by atoms with Crippen LogP contribution in [-0.2, 0) is 23.9 Å². The second kappa shape index (κ2) is 19.8. The first kappa shape index (κ1) is 46.6. The number of benzene rings is 3. The van der Waals surface area contributed by atoms with Crippen molar-refractivity contribution in [3.8, 4) is 68.7 Å². The molecule has 4 rings (SSSR count). The molecule has 0 unspecified atom stereocenters. The summed E-state index contributed by atoms with van der Waals surface area (Å²) in [4.78, 5) is 54.2. The summed E-state index contributed by atoms with van der Waals surface area (Å²) in [6, 6.07) is 13.1. The maximum Gasteiger partial charge on any atom is 0.349 e. The zero-order chi connectivity index (χ0) is 44.4. The minimum atomic E-state index is -1.37. The standard InChI is InChI=1S/C45H58N4O11/c1-11-15-23-49(24-16-12-2)40(53)43(5,6)58-28-17-20-31(34(50)25-28)37-46-38(32-21-18-29(26-35(32)51)59-44(7,8)41(54)56-13-3)48-39(47-37)33-22-19-30(27-36(33)52)60-45(9,10)42(55)57-14-4/h17-22,25-27,50-52H,11-16,23-24H2,1-10H3. The lowest BCUT2D eigenvalue weighted by Crippen LogP contribution is -2.49. The Morgan fingerprint density at radius 2 is 0.850 bits per heavy atom. The summed E-state index contributed by atoms with van der Waals surface area (Å²) in [5.74, 6) is -1.81. The van der Waals surface area contributed by atoms with Crippen LogP contribution in [0.3, 0.4) is 0 Å². The van der Waals surface area contributed by atoms with Gasteiger partial charge in [-0.2, -0.15) is 0 Å². The molecule has 60 heavy (non-hydrogen) atoms. The molecular weight excluding hydrogens is 773 g/mol. The Kier molecular flexibility index (Phi) is 15.3. The van der Waals surface area contributed by atoms with E-state index in [1.807, 2.05) is 4.90 Å². The number of nitrogens with zero attached hydrogens (tertiary/aromatic N) is 4. The Labute approximate surface area is 351 Å². The number of phenolic OH excluding ortho intramolecular Hbond substituents is 3. The van der Waals surface area contributed by atoms with Gasteiger partial charge in [-0.25, -0.2) is 24.5 Å². The fraction of sp³-hybridized carbons (Fsp3) is 0.467. The average Bonchev–Trinajstić information content (AvgIpc) is 3.17. The van der Waals surface area contributed by atoms with Crippen LogP contribution in [0.1, 0.15) is 94.9 Å². The van der Waals surface area contributed by atoms with Gasteiger partial charge in [0, 0.05) is 31.3 Å². The van der Waals surface area contributed by atoms with E-state index >= 15 is 0 Å². The fourth-order valence-corrected chi connectivity index (χ4v) is 6.04. The Bertz CT molecular complexity index is 2040. The molecule has 3 N–H and O–H groups in total. The molecule has 0 saturated heterocycles. The van der Waals surface area contributed by atoms with Gasteiger partial charge in [-0.15, -0.1) is 0 Å². The van der Waals surface area contributed by atoms with Crippen molar-refractivity contribution in [2.24, 2.45) is 0 Å². The van der Waals surface area contributed by atoms with E-state index in [1.165, 1.54) is 48.5 Å². The van der Waals surface area contributed by atoms with Gasteiger partial charge in [0.1, 0.15) is 34.5 Å². The van der Waals surface area contributed by atoms with Gasteiger partial charge in [0.15, 0.2) is 34.3 Å². The van der Waals surface area contributed by atoms with Crippen LogP contribution in [0.5, 0.6) is 34.5 Å². The van der Waals surface area contributed by atoms with Crippen molar-refractivity contribution in [3.05, 3.63) is 54.6 Å². The highest BCUT2D eigenvalue weighted by Gasteiger charge is 2.35. The molecule has 1 amide bonds. The number of aromatic nitrogens is 3. The van der Waals surface area contributed by atoms with Crippen LogP contribution in [0.4, 0.5) is 0 Å². The van der Waals surface area contributed by atoms with Crippen molar-refractivity contribution >= 4 is 17.8 Å². The summed E-state index contributed by atoms with van der Waals surface area (Å²) in [6.07, 6.45) is 3.61. The lowest BCUT2D eigenvalue weighted by molar-refractivity contribution is -0.159. The maximum absolute atomic E-state index is 13.7. The Morgan fingerprint density at radius 1 is 0.533 bits per heavy atom. The summed E-state index contributed by atoms with van der Waals surface area (Å²) in [5, 5.41) is 34.0. The molecule has 0 saturated carbocycles. The molecular formula is C45H58N4O11. The number of unbranched alkanes of at least 4 members (excludes halogenated alkanes) is 2. The van der Waals surface area contributed by atoms with Crippen molar-refractivity contribution < 1.29 is 53.4 Å². The first-order valence-corrected chi connectivity index (χ1v) is 20.2. The molecule has 15 nitrogen and oxygen atoms in total. The third-order valence-electron chi connectivity index (χ3n) is 9.28. The highest BCUT2D eigenvalue weighted by Crippen LogP contribution is 2.39. The number of hydrogen-bond donors (Lipinski definition) is 3.